The van der Waals surface area contributed by atoms with Gasteiger partial charge in [-0.25, -0.2) is 0 Å². The average molecular weight is 535 g/mol. The van der Waals surface area contributed by atoms with Gasteiger partial charge >= 0.3 is 0 Å². The van der Waals surface area contributed by atoms with Crippen LogP contribution in [0.15, 0.2) is 158 Å². The van der Waals surface area contributed by atoms with Crippen molar-refractivity contribution in [2.45, 2.75) is 0 Å². The number of nitrogens with zero attached hydrogens (tertiary/aromatic N) is 2. The Morgan fingerprint density at radius 3 is 1.76 bits per heavy atom. The Bertz CT molecular complexity index is 2440. The lowest BCUT2D eigenvalue weighted by Crippen LogP contribution is -1.96. The van der Waals surface area contributed by atoms with Gasteiger partial charge in [-0.05, 0) is 64.4 Å². The van der Waals surface area contributed by atoms with Crippen molar-refractivity contribution in [2.24, 2.45) is 0 Å². The summed E-state index contributed by atoms with van der Waals surface area (Å²) >= 11 is 0. The lowest BCUT2D eigenvalue weighted by Gasteiger charge is -2.14. The maximum Gasteiger partial charge on any atom is 0.0641 e. The van der Waals surface area contributed by atoms with E-state index in [2.05, 4.69) is 167 Å². The van der Waals surface area contributed by atoms with E-state index in [0.29, 0.717) is 0 Å². The second kappa shape index (κ2) is 8.95. The van der Waals surface area contributed by atoms with Gasteiger partial charge in [0.05, 0.1) is 22.1 Å². The Kier molecular flexibility index (Phi) is 4.93. The smallest absolute Gasteiger partial charge is 0.0641 e. The highest BCUT2D eigenvalue weighted by molar-refractivity contribution is 6.26. The highest BCUT2D eigenvalue weighted by Gasteiger charge is 2.21. The second-order valence-electron chi connectivity index (χ2n) is 11.0. The Labute approximate surface area is 243 Å². The molecule has 7 aromatic carbocycles. The van der Waals surface area contributed by atoms with Gasteiger partial charge in [-0.3, -0.25) is 0 Å². The predicted octanol–water partition coefficient (Wildman–Crippen LogP) is 10.7. The minimum atomic E-state index is 1.17. The third-order valence-electron chi connectivity index (χ3n) is 8.67. The van der Waals surface area contributed by atoms with E-state index in [1.807, 2.05) is 0 Å². The first kappa shape index (κ1) is 23.1. The zero-order valence-electron chi connectivity index (χ0n) is 22.9. The van der Waals surface area contributed by atoms with E-state index >= 15 is 0 Å². The number of rotatable bonds is 3. The molecular formula is C40H26N2. The molecular weight excluding hydrogens is 508 g/mol. The molecule has 2 nitrogen and oxygen atoms in total. The minimum absolute atomic E-state index is 1.17. The first-order valence-electron chi connectivity index (χ1n) is 14.5. The van der Waals surface area contributed by atoms with Crippen LogP contribution in [0.25, 0.3) is 76.9 Å². The number of aromatic nitrogens is 2. The van der Waals surface area contributed by atoms with Gasteiger partial charge in [0.15, 0.2) is 0 Å². The molecule has 9 aromatic rings. The summed E-state index contributed by atoms with van der Waals surface area (Å²) in [6.45, 7) is 0. The van der Waals surface area contributed by atoms with Gasteiger partial charge < -0.3 is 9.13 Å². The highest BCUT2D eigenvalue weighted by Crippen LogP contribution is 2.42. The molecule has 0 aliphatic rings. The molecule has 196 valence electrons. The van der Waals surface area contributed by atoms with E-state index < -0.39 is 0 Å². The van der Waals surface area contributed by atoms with Crippen LogP contribution in [0.4, 0.5) is 0 Å². The Morgan fingerprint density at radius 2 is 0.976 bits per heavy atom. The van der Waals surface area contributed by atoms with Crippen molar-refractivity contribution in [1.82, 2.24) is 9.13 Å². The van der Waals surface area contributed by atoms with Crippen molar-refractivity contribution in [3.8, 4) is 22.5 Å². The number of fused-ring (bicyclic) bond motifs is 8. The monoisotopic (exact) mass is 534 g/mol. The van der Waals surface area contributed by atoms with Crippen molar-refractivity contribution in [1.29, 1.82) is 0 Å². The number of hydrogen-bond donors (Lipinski definition) is 0. The van der Waals surface area contributed by atoms with Crippen LogP contribution in [0.3, 0.4) is 0 Å². The molecule has 0 unspecified atom stereocenters. The van der Waals surface area contributed by atoms with E-state index in [1.165, 1.54) is 76.9 Å². The molecule has 0 spiro atoms. The summed E-state index contributed by atoms with van der Waals surface area (Å²) in [5.41, 5.74) is 9.69. The number of hydrogen-bond acceptors (Lipinski definition) is 0. The lowest BCUT2D eigenvalue weighted by atomic mass is 9.97. The van der Waals surface area contributed by atoms with Crippen LogP contribution in [-0.4, -0.2) is 9.13 Å². The molecule has 0 radical (unpaired) electrons. The van der Waals surface area contributed by atoms with E-state index in [-0.39, 0.29) is 0 Å². The van der Waals surface area contributed by atoms with Crippen LogP contribution >= 0.6 is 0 Å². The summed E-state index contributed by atoms with van der Waals surface area (Å²) in [5, 5.41) is 7.57. The van der Waals surface area contributed by atoms with Crippen LogP contribution in [0.1, 0.15) is 0 Å². The molecule has 0 bridgehead atoms. The fourth-order valence-corrected chi connectivity index (χ4v) is 6.91. The molecule has 0 N–H and O–H groups in total. The summed E-state index contributed by atoms with van der Waals surface area (Å²) < 4.78 is 4.90. The molecule has 9 rings (SSSR count). The van der Waals surface area contributed by atoms with Gasteiger partial charge in [-0.15, -0.1) is 0 Å². The molecule has 0 aliphatic heterocycles. The Morgan fingerprint density at radius 1 is 0.357 bits per heavy atom. The summed E-state index contributed by atoms with van der Waals surface area (Å²) in [5.74, 6) is 0. The van der Waals surface area contributed by atoms with Gasteiger partial charge in [0.1, 0.15) is 0 Å². The van der Waals surface area contributed by atoms with E-state index in [4.69, 9.17) is 0 Å². The zero-order chi connectivity index (χ0) is 27.6. The highest BCUT2D eigenvalue weighted by atomic mass is 15.0. The molecule has 42 heavy (non-hydrogen) atoms. The second-order valence-corrected chi connectivity index (χ2v) is 11.0. The van der Waals surface area contributed by atoms with E-state index in [1.54, 1.807) is 0 Å². The van der Waals surface area contributed by atoms with Crippen LogP contribution < -0.4 is 0 Å². The molecule has 2 heterocycles. The van der Waals surface area contributed by atoms with Crippen LogP contribution in [0.2, 0.25) is 0 Å². The Hall–Kier alpha value is -5.60. The maximum atomic E-state index is 2.45. The molecule has 0 aliphatic carbocycles. The summed E-state index contributed by atoms with van der Waals surface area (Å²) in [6.07, 6.45) is 0. The minimum Gasteiger partial charge on any atom is -0.309 e. The predicted molar refractivity (Wildman–Crippen MR) is 178 cm³/mol. The molecule has 2 aromatic heterocycles. The van der Waals surface area contributed by atoms with Gasteiger partial charge in [-0.2, -0.15) is 0 Å². The first-order chi connectivity index (χ1) is 20.9. The summed E-state index contributed by atoms with van der Waals surface area (Å²) in [6, 6.07) is 57.2. The lowest BCUT2D eigenvalue weighted by molar-refractivity contribution is 1.18. The van der Waals surface area contributed by atoms with Crippen molar-refractivity contribution in [3.05, 3.63) is 158 Å². The molecule has 0 fully saturated rings. The van der Waals surface area contributed by atoms with Gasteiger partial charge in [-0.1, -0.05) is 115 Å². The average Bonchev–Trinajstić information content (AvgIpc) is 3.58. The van der Waals surface area contributed by atoms with Crippen molar-refractivity contribution in [2.75, 3.05) is 0 Å². The number of para-hydroxylation sites is 3. The van der Waals surface area contributed by atoms with E-state index in [0.717, 1.165) is 0 Å². The third-order valence-corrected chi connectivity index (χ3v) is 8.67. The summed E-state index contributed by atoms with van der Waals surface area (Å²) in [4.78, 5) is 0. The summed E-state index contributed by atoms with van der Waals surface area (Å²) in [7, 11) is 0. The van der Waals surface area contributed by atoms with Gasteiger partial charge in [0.2, 0.25) is 0 Å². The fourth-order valence-electron chi connectivity index (χ4n) is 6.91. The molecule has 0 saturated heterocycles. The van der Waals surface area contributed by atoms with Crippen LogP contribution in [0.5, 0.6) is 0 Å². The number of benzene rings is 7. The molecule has 0 amide bonds. The fraction of sp³-hybridized carbons (Fsp3) is 0. The van der Waals surface area contributed by atoms with Crippen molar-refractivity contribution in [3.63, 3.8) is 0 Å². The topological polar surface area (TPSA) is 9.86 Å². The molecule has 0 saturated carbocycles. The largest absolute Gasteiger partial charge is 0.309 e. The maximum absolute atomic E-state index is 2.45. The van der Waals surface area contributed by atoms with Crippen molar-refractivity contribution < 1.29 is 0 Å². The first-order valence-corrected chi connectivity index (χ1v) is 14.5. The van der Waals surface area contributed by atoms with Crippen molar-refractivity contribution >= 4 is 54.4 Å². The normalized spacial score (nSPS) is 11.8. The van der Waals surface area contributed by atoms with Crippen LogP contribution in [0, 0.1) is 0 Å². The molecule has 0 atom stereocenters. The zero-order valence-corrected chi connectivity index (χ0v) is 22.9. The SMILES string of the molecule is c1ccc(-c2cc(-n3c4ccccc4c4c3ccc3c5ccccc5n(-c5ccccc5)c34)cc3ccccc23)cc1. The van der Waals surface area contributed by atoms with Gasteiger partial charge in [0, 0.05) is 32.9 Å². The van der Waals surface area contributed by atoms with E-state index in [9.17, 15) is 0 Å². The standard InChI is InChI=1S/C40H26N2/c1-3-13-27(14-4-1)35-26-30(25-28-15-7-8-18-31(28)35)41-37-22-12-10-20-34(37)39-38(41)24-23-33-32-19-9-11-21-36(32)42(40(33)39)29-16-5-2-6-17-29/h1-26H. The third kappa shape index (κ3) is 3.27. The molecule has 2 heteroatoms. The Balaban J connectivity index is 1.46. The quantitative estimate of drug-likeness (QED) is 0.213. The van der Waals surface area contributed by atoms with Crippen LogP contribution in [-0.2, 0) is 0 Å². The van der Waals surface area contributed by atoms with Gasteiger partial charge in [0.25, 0.3) is 0 Å².